The van der Waals surface area contributed by atoms with E-state index >= 15 is 0 Å². The Labute approximate surface area is 129 Å². The molecule has 0 radical (unpaired) electrons. The van der Waals surface area contributed by atoms with Crippen LogP contribution in [0.1, 0.15) is 30.2 Å². The average Bonchev–Trinajstić information content (AvgIpc) is 3.16. The third-order valence-electron chi connectivity index (χ3n) is 3.63. The molecule has 3 rings (SSSR count). The predicted octanol–water partition coefficient (Wildman–Crippen LogP) is 3.34. The first-order chi connectivity index (χ1) is 10.7. The summed E-state index contributed by atoms with van der Waals surface area (Å²) in [5.41, 5.74) is 2.72. The molecule has 0 unspecified atom stereocenters. The Morgan fingerprint density at radius 2 is 2.00 bits per heavy atom. The van der Waals surface area contributed by atoms with Crippen LogP contribution in [0.5, 0.6) is 0 Å². The minimum Gasteiger partial charge on any atom is -0.469 e. The summed E-state index contributed by atoms with van der Waals surface area (Å²) in [6.45, 7) is 2.12. The third-order valence-corrected chi connectivity index (χ3v) is 3.63. The SMILES string of the molecule is CCc1ccc(/C=C2/N=C(CCc3ccco3)NC2=O)cc1. The van der Waals surface area contributed by atoms with Crippen LogP contribution in [-0.2, 0) is 17.6 Å². The number of hydrogen-bond acceptors (Lipinski definition) is 3. The lowest BCUT2D eigenvalue weighted by Crippen LogP contribution is -2.24. The van der Waals surface area contributed by atoms with Crippen molar-refractivity contribution in [3.8, 4) is 0 Å². The second-order valence-corrected chi connectivity index (χ2v) is 5.22. The van der Waals surface area contributed by atoms with Gasteiger partial charge < -0.3 is 9.73 Å². The number of rotatable bonds is 5. The van der Waals surface area contributed by atoms with Crippen LogP contribution in [0, 0.1) is 0 Å². The highest BCUT2D eigenvalue weighted by molar-refractivity contribution is 6.14. The molecule has 0 bridgehead atoms. The zero-order valence-electron chi connectivity index (χ0n) is 12.5. The molecular weight excluding hydrogens is 276 g/mol. The Balaban J connectivity index is 1.69. The molecule has 1 aliphatic heterocycles. The average molecular weight is 294 g/mol. The van der Waals surface area contributed by atoms with E-state index in [2.05, 4.69) is 29.4 Å². The number of amidine groups is 1. The maximum atomic E-state index is 12.0. The fourth-order valence-corrected chi connectivity index (χ4v) is 2.34. The molecule has 0 atom stereocenters. The van der Waals surface area contributed by atoms with Gasteiger partial charge in [-0.2, -0.15) is 0 Å². The van der Waals surface area contributed by atoms with E-state index in [0.29, 0.717) is 18.0 Å². The number of nitrogens with zero attached hydrogens (tertiary/aromatic N) is 1. The highest BCUT2D eigenvalue weighted by Crippen LogP contribution is 2.15. The Kier molecular flexibility index (Phi) is 4.19. The van der Waals surface area contributed by atoms with Crippen molar-refractivity contribution in [2.45, 2.75) is 26.2 Å². The molecule has 2 heterocycles. The van der Waals surface area contributed by atoms with Crippen molar-refractivity contribution < 1.29 is 9.21 Å². The van der Waals surface area contributed by atoms with Crippen LogP contribution >= 0.6 is 0 Å². The molecule has 22 heavy (non-hydrogen) atoms. The zero-order valence-corrected chi connectivity index (χ0v) is 12.5. The standard InChI is InChI=1S/C18H18N2O2/c1-2-13-5-7-14(8-6-13)12-16-18(21)20-17(19-16)10-9-15-4-3-11-22-15/h3-8,11-12H,2,9-10H2,1H3,(H,19,20,21)/b16-12+. The molecule has 4 heteroatoms. The van der Waals surface area contributed by atoms with Crippen LogP contribution < -0.4 is 5.32 Å². The monoisotopic (exact) mass is 294 g/mol. The summed E-state index contributed by atoms with van der Waals surface area (Å²) >= 11 is 0. The van der Waals surface area contributed by atoms with Crippen molar-refractivity contribution in [3.05, 3.63) is 65.2 Å². The van der Waals surface area contributed by atoms with Crippen LogP contribution in [-0.4, -0.2) is 11.7 Å². The number of benzene rings is 1. The van der Waals surface area contributed by atoms with Crippen LogP contribution in [0.25, 0.3) is 6.08 Å². The number of furan rings is 1. The Morgan fingerprint density at radius 3 is 2.68 bits per heavy atom. The van der Waals surface area contributed by atoms with Crippen molar-refractivity contribution in [2.24, 2.45) is 4.99 Å². The van der Waals surface area contributed by atoms with Gasteiger partial charge in [-0.3, -0.25) is 4.79 Å². The zero-order chi connectivity index (χ0) is 15.4. The summed E-state index contributed by atoms with van der Waals surface area (Å²) in [6, 6.07) is 11.9. The van der Waals surface area contributed by atoms with Crippen molar-refractivity contribution in [1.29, 1.82) is 0 Å². The molecule has 1 amide bonds. The van der Waals surface area contributed by atoms with Crippen molar-refractivity contribution in [3.63, 3.8) is 0 Å². The second-order valence-electron chi connectivity index (χ2n) is 5.22. The summed E-state index contributed by atoms with van der Waals surface area (Å²) in [5.74, 6) is 1.44. The molecular formula is C18H18N2O2. The first-order valence-corrected chi connectivity index (χ1v) is 7.46. The van der Waals surface area contributed by atoms with Gasteiger partial charge >= 0.3 is 0 Å². The van der Waals surface area contributed by atoms with Crippen molar-refractivity contribution in [1.82, 2.24) is 5.32 Å². The van der Waals surface area contributed by atoms with Crippen LogP contribution in [0.15, 0.2) is 57.8 Å². The highest BCUT2D eigenvalue weighted by atomic mass is 16.3. The normalized spacial score (nSPS) is 16.0. The number of hydrogen-bond donors (Lipinski definition) is 1. The van der Waals surface area contributed by atoms with Gasteiger partial charge in [-0.25, -0.2) is 4.99 Å². The lowest BCUT2D eigenvalue weighted by Gasteiger charge is -1.98. The fourth-order valence-electron chi connectivity index (χ4n) is 2.34. The van der Waals surface area contributed by atoms with Gasteiger partial charge in [0, 0.05) is 12.8 Å². The molecule has 1 N–H and O–H groups in total. The molecule has 4 nitrogen and oxygen atoms in total. The molecule has 0 fully saturated rings. The van der Waals surface area contributed by atoms with Gasteiger partial charge in [0.15, 0.2) is 0 Å². The quantitative estimate of drug-likeness (QED) is 0.860. The predicted molar refractivity (Wildman–Crippen MR) is 86.4 cm³/mol. The molecule has 2 aromatic rings. The van der Waals surface area contributed by atoms with E-state index in [0.717, 1.165) is 24.2 Å². The summed E-state index contributed by atoms with van der Waals surface area (Å²) in [7, 11) is 0. The molecule has 0 spiro atoms. The number of amides is 1. The number of carbonyl (C=O) groups excluding carboxylic acids is 1. The molecule has 1 aromatic carbocycles. The van der Waals surface area contributed by atoms with E-state index in [-0.39, 0.29) is 5.91 Å². The first-order valence-electron chi connectivity index (χ1n) is 7.46. The maximum absolute atomic E-state index is 12.0. The van der Waals surface area contributed by atoms with Crippen molar-refractivity contribution in [2.75, 3.05) is 0 Å². The largest absolute Gasteiger partial charge is 0.469 e. The van der Waals surface area contributed by atoms with Crippen LogP contribution in [0.4, 0.5) is 0 Å². The molecule has 0 aliphatic carbocycles. The van der Waals surface area contributed by atoms with Gasteiger partial charge in [0.2, 0.25) is 0 Å². The Hall–Kier alpha value is -2.62. The van der Waals surface area contributed by atoms with E-state index in [4.69, 9.17) is 4.42 Å². The number of nitrogens with one attached hydrogen (secondary N) is 1. The van der Waals surface area contributed by atoms with Crippen molar-refractivity contribution >= 4 is 17.8 Å². The van der Waals surface area contributed by atoms with E-state index in [9.17, 15) is 4.79 Å². The topological polar surface area (TPSA) is 54.6 Å². The lowest BCUT2D eigenvalue weighted by atomic mass is 10.1. The number of aliphatic imine (C=N–C) groups is 1. The smallest absolute Gasteiger partial charge is 0.275 e. The molecule has 0 saturated heterocycles. The van der Waals surface area contributed by atoms with Crippen LogP contribution in [0.2, 0.25) is 0 Å². The first kappa shape index (κ1) is 14.3. The van der Waals surface area contributed by atoms with Gasteiger partial charge in [0.25, 0.3) is 5.91 Å². The van der Waals surface area contributed by atoms with Gasteiger partial charge in [-0.05, 0) is 35.8 Å². The minimum atomic E-state index is -0.144. The van der Waals surface area contributed by atoms with Gasteiger partial charge in [0.05, 0.1) is 6.26 Å². The summed E-state index contributed by atoms with van der Waals surface area (Å²) in [6.07, 6.45) is 5.85. The summed E-state index contributed by atoms with van der Waals surface area (Å²) < 4.78 is 5.28. The maximum Gasteiger partial charge on any atom is 0.275 e. The fraction of sp³-hybridized carbons (Fsp3) is 0.222. The number of aryl methyl sites for hydroxylation is 2. The molecule has 0 saturated carbocycles. The second kappa shape index (κ2) is 6.43. The lowest BCUT2D eigenvalue weighted by molar-refractivity contribution is -0.115. The Bertz CT molecular complexity index is 710. The summed E-state index contributed by atoms with van der Waals surface area (Å²) in [5, 5.41) is 2.81. The van der Waals surface area contributed by atoms with E-state index in [1.807, 2.05) is 30.3 Å². The summed E-state index contributed by atoms with van der Waals surface area (Å²) in [4.78, 5) is 16.3. The minimum absolute atomic E-state index is 0.144. The van der Waals surface area contributed by atoms with Gasteiger partial charge in [0.1, 0.15) is 17.3 Å². The Morgan fingerprint density at radius 1 is 1.18 bits per heavy atom. The third kappa shape index (κ3) is 3.34. The van der Waals surface area contributed by atoms with E-state index in [1.165, 1.54) is 5.56 Å². The molecule has 1 aromatic heterocycles. The number of carbonyl (C=O) groups is 1. The molecule has 112 valence electrons. The molecule has 1 aliphatic rings. The van der Waals surface area contributed by atoms with Crippen LogP contribution in [0.3, 0.4) is 0 Å². The van der Waals surface area contributed by atoms with Gasteiger partial charge in [-0.1, -0.05) is 31.2 Å². The van der Waals surface area contributed by atoms with Gasteiger partial charge in [-0.15, -0.1) is 0 Å². The van der Waals surface area contributed by atoms with E-state index < -0.39 is 0 Å². The van der Waals surface area contributed by atoms with E-state index in [1.54, 1.807) is 6.26 Å². The highest BCUT2D eigenvalue weighted by Gasteiger charge is 2.19.